The van der Waals surface area contributed by atoms with Gasteiger partial charge in [0.05, 0.1) is 40.6 Å². The van der Waals surface area contributed by atoms with Crippen LogP contribution in [-0.4, -0.2) is 149 Å². The first-order valence-electron chi connectivity index (χ1n) is 39.9. The number of imidazole rings is 4. The second kappa shape index (κ2) is 32.1. The van der Waals surface area contributed by atoms with E-state index in [0.717, 1.165) is 129 Å². The fourth-order valence-corrected chi connectivity index (χ4v) is 17.8. The van der Waals surface area contributed by atoms with Crippen molar-refractivity contribution in [3.63, 3.8) is 0 Å². The maximum Gasteiger partial charge on any atom is 0.573 e. The molecule has 4 aromatic carbocycles. The van der Waals surface area contributed by atoms with E-state index in [1.165, 1.54) is 43.0 Å². The number of halogens is 3. The first kappa shape index (κ1) is 78.4. The van der Waals surface area contributed by atoms with Crippen LogP contribution in [0.25, 0.3) is 111 Å². The number of aryl methyl sites for hydroxylation is 2. The summed E-state index contributed by atoms with van der Waals surface area (Å²) in [6.07, 6.45) is 16.5. The number of nitrogens with zero attached hydrogens (tertiary/aromatic N) is 17. The van der Waals surface area contributed by atoms with Gasteiger partial charge in [0.25, 0.3) is 0 Å². The van der Waals surface area contributed by atoms with Crippen LogP contribution >= 0.6 is 0 Å². The van der Waals surface area contributed by atoms with Gasteiger partial charge < -0.3 is 67.6 Å². The third kappa shape index (κ3) is 15.1. The number of aromatic nitrogens is 20. The van der Waals surface area contributed by atoms with Crippen molar-refractivity contribution in [2.75, 3.05) is 22.9 Å². The number of carboxylic acids is 4. The summed E-state index contributed by atoms with van der Waals surface area (Å²) in [5, 5.41) is 58.6. The van der Waals surface area contributed by atoms with Gasteiger partial charge in [0, 0.05) is 81.6 Å². The number of anilines is 4. The quantitative estimate of drug-likeness (QED) is 0.0482. The molecular formula is C84H85F3N24O9. The molecule has 12 aromatic heterocycles. The van der Waals surface area contributed by atoms with Crippen LogP contribution in [0, 0.1) is 23.7 Å². The number of alkyl halides is 3. The van der Waals surface area contributed by atoms with E-state index < -0.39 is 30.2 Å². The van der Waals surface area contributed by atoms with Crippen molar-refractivity contribution in [3.8, 4) is 51.0 Å². The molecule has 0 atom stereocenters. The lowest BCUT2D eigenvalue weighted by Crippen LogP contribution is -2.21. The van der Waals surface area contributed by atoms with Gasteiger partial charge in [0.15, 0.2) is 29.0 Å². The lowest BCUT2D eigenvalue weighted by atomic mass is 9.82. The maximum atomic E-state index is 12.8. The molecule has 20 rings (SSSR count). The number of nitrogens with two attached hydrogens (primary N) is 4. The first-order chi connectivity index (χ1) is 57.9. The van der Waals surface area contributed by atoms with Crippen LogP contribution in [0.5, 0.6) is 5.75 Å². The van der Waals surface area contributed by atoms with E-state index in [-0.39, 0.29) is 64.4 Å². The number of benzene rings is 4. The molecule has 0 spiro atoms. The highest BCUT2D eigenvalue weighted by Crippen LogP contribution is 2.45. The molecular weight excluding hydrogens is 1550 g/mol. The van der Waals surface area contributed by atoms with Gasteiger partial charge in [0.2, 0.25) is 0 Å². The third-order valence-corrected chi connectivity index (χ3v) is 24.2. The Kier molecular flexibility index (Phi) is 21.0. The molecule has 15 N–H and O–H groups in total. The summed E-state index contributed by atoms with van der Waals surface area (Å²) in [5.41, 5.74) is 37.9. The van der Waals surface area contributed by atoms with Gasteiger partial charge in [-0.25, -0.2) is 57.9 Å². The van der Waals surface area contributed by atoms with E-state index in [1.807, 2.05) is 43.7 Å². The number of aliphatic carboxylic acids is 4. The highest BCUT2D eigenvalue weighted by atomic mass is 19.4. The molecule has 120 heavy (non-hydrogen) atoms. The molecule has 0 amide bonds. The lowest BCUT2D eigenvalue weighted by molar-refractivity contribution is -0.274. The summed E-state index contributed by atoms with van der Waals surface area (Å²) in [4.78, 5) is 91.1. The Morgan fingerprint density at radius 2 is 0.825 bits per heavy atom. The van der Waals surface area contributed by atoms with Crippen molar-refractivity contribution in [2.45, 2.75) is 146 Å². The fraction of sp³-hybridized carbons (Fsp3) is 0.333. The van der Waals surface area contributed by atoms with Crippen LogP contribution < -0.4 is 27.7 Å². The molecule has 616 valence electrons. The highest BCUT2D eigenvalue weighted by Gasteiger charge is 2.38. The second-order valence-electron chi connectivity index (χ2n) is 31.3. The van der Waals surface area contributed by atoms with Gasteiger partial charge in [-0.3, -0.25) is 19.2 Å². The number of hydrogen-bond acceptors (Lipinski definition) is 21. The van der Waals surface area contributed by atoms with Gasteiger partial charge in [-0.15, -0.1) is 13.2 Å². The zero-order valence-electron chi connectivity index (χ0n) is 65.2. The van der Waals surface area contributed by atoms with E-state index in [4.69, 9.17) is 42.9 Å². The topological polar surface area (TPSA) is 487 Å². The molecule has 0 unspecified atom stereocenters. The molecule has 4 aliphatic rings. The van der Waals surface area contributed by atoms with E-state index in [0.29, 0.717) is 126 Å². The molecule has 4 aliphatic carbocycles. The third-order valence-electron chi connectivity index (χ3n) is 24.2. The van der Waals surface area contributed by atoms with Crippen LogP contribution in [0.15, 0.2) is 135 Å². The number of fused-ring (bicyclic) bond motifs is 8. The van der Waals surface area contributed by atoms with Crippen molar-refractivity contribution in [1.82, 2.24) is 97.8 Å². The molecule has 4 fully saturated rings. The van der Waals surface area contributed by atoms with Crippen LogP contribution in [0.1, 0.15) is 162 Å². The van der Waals surface area contributed by atoms with E-state index in [1.54, 1.807) is 30.2 Å². The minimum absolute atomic E-state index is 0.0374. The lowest BCUT2D eigenvalue weighted by Gasteiger charge is -2.24. The van der Waals surface area contributed by atoms with Gasteiger partial charge in [-0.2, -0.15) is 20.4 Å². The van der Waals surface area contributed by atoms with Crippen molar-refractivity contribution in [1.29, 1.82) is 0 Å². The summed E-state index contributed by atoms with van der Waals surface area (Å²) in [6.45, 7) is 2.14. The zero-order valence-corrected chi connectivity index (χ0v) is 65.2. The second-order valence-corrected chi connectivity index (χ2v) is 31.3. The summed E-state index contributed by atoms with van der Waals surface area (Å²) in [5.74, 6) is 0.367. The maximum absolute atomic E-state index is 12.8. The predicted octanol–water partition coefficient (Wildman–Crippen LogP) is 14.3. The van der Waals surface area contributed by atoms with Gasteiger partial charge in [-0.1, -0.05) is 61.5 Å². The van der Waals surface area contributed by atoms with E-state index in [9.17, 15) is 52.8 Å². The largest absolute Gasteiger partial charge is 0.573 e. The molecule has 0 bridgehead atoms. The number of ether oxygens (including phenoxy) is 1. The van der Waals surface area contributed by atoms with Crippen LogP contribution in [0.4, 0.5) is 36.4 Å². The predicted molar refractivity (Wildman–Crippen MR) is 440 cm³/mol. The normalized spacial score (nSPS) is 19.6. The molecule has 16 aromatic rings. The minimum Gasteiger partial charge on any atom is -0.481 e. The summed E-state index contributed by atoms with van der Waals surface area (Å²) < 4.78 is 51.6. The molecule has 36 heteroatoms. The smallest absolute Gasteiger partial charge is 0.481 e. The van der Waals surface area contributed by atoms with E-state index >= 15 is 0 Å². The minimum atomic E-state index is -4.83. The van der Waals surface area contributed by atoms with Gasteiger partial charge in [-0.05, 0) is 168 Å². The standard InChI is InChI=1S/C22H24N6O2.C21H19F3N6O3.C21H22N6O2.C20H20N6O2/c1-2-12-4-3-5-15-10-16(26-17(12)15)18-19-20(23)24-11-25-28(19)21(27-18)13-6-8-14(9-7-13)22(29)30;22-21(23,24)33-14-3-1-2-12-8-13(28-15(12)14)16-17-18(25)26-9-27-30(17)19(29-16)10-4-6-11(7-5-10)20(31)32;1-26-9-8-12-2-7-15(10-16(12)26)17-18-19(22)23-11-24-27(18)20(25-17)13-3-5-14(6-4-13)21(28)29;21-18-17-16(14-6-1-11-7-8-22-15(11)9-14)25-19(26(17)24-10-23-18)12-2-4-13(5-3-12)20(27)28/h3-5,10-11,13-14,26H,2,6-9H2,1H3,(H,29,30)(H2,23,24,25);1-3,8-11,28H,4-7H2,(H,31,32)(H2,25,26,27);2,7-11,13-14H,3-6H2,1H3,(H,28,29)(H2,22,23,24);1,6-10,12-13,22H,2-5H2,(H,27,28)(H2,21,23,24). The van der Waals surface area contributed by atoms with Crippen molar-refractivity contribution in [3.05, 3.63) is 164 Å². The summed E-state index contributed by atoms with van der Waals surface area (Å²) in [7, 11) is 2.02. The number of hydrogen-bond donors (Lipinski definition) is 11. The zero-order chi connectivity index (χ0) is 83.5. The highest BCUT2D eigenvalue weighted by molar-refractivity contribution is 5.96. The summed E-state index contributed by atoms with van der Waals surface area (Å²) >= 11 is 0. The van der Waals surface area contributed by atoms with Gasteiger partial charge in [0.1, 0.15) is 93.4 Å². The molecule has 0 saturated heterocycles. The van der Waals surface area contributed by atoms with Crippen LogP contribution in [0.3, 0.4) is 0 Å². The Morgan fingerprint density at radius 3 is 1.23 bits per heavy atom. The van der Waals surface area contributed by atoms with Gasteiger partial charge >= 0.3 is 30.2 Å². The first-order valence-corrected chi connectivity index (χ1v) is 39.9. The SMILES string of the molecule is CCc1cccc2cc(-c3nc(C4CCC(C(=O)O)CC4)n4ncnc(N)c34)[nH]c12.Cn1ccc2ccc(-c3nc(C4CCC(C(=O)O)CC4)n4ncnc(N)c34)cc21.Nc1ncnn2c(C3CCC(C(=O)O)CC3)nc(-c3cc4cccc(OC(F)(F)F)c4[nH]3)c12.Nc1ncnn2c(C3CCC(C(=O)O)CC3)nc(-c3ccc4cc[nH]c4c3)c12. The Hall–Kier alpha value is -14.1. The Labute approximate surface area is 679 Å². The molecule has 0 aliphatic heterocycles. The fourth-order valence-electron chi connectivity index (χ4n) is 17.8. The van der Waals surface area contributed by atoms with Crippen LogP contribution in [-0.2, 0) is 32.6 Å². The Balaban J connectivity index is 0.000000114. The van der Waals surface area contributed by atoms with Crippen molar-refractivity contribution < 1.29 is 57.5 Å². The Bertz CT molecular complexity index is 6600. The number of nitrogen functional groups attached to an aromatic ring is 4. The number of carbonyl (C=O) groups is 4. The monoisotopic (exact) mass is 1630 g/mol. The van der Waals surface area contributed by atoms with Crippen LogP contribution in [0.2, 0.25) is 0 Å². The molecule has 0 radical (unpaired) electrons. The average molecular weight is 1630 g/mol. The average Bonchev–Trinajstić information content (AvgIpc) is 1.59. The van der Waals surface area contributed by atoms with Crippen molar-refractivity contribution >= 4 is 113 Å². The number of rotatable bonds is 14. The number of aromatic amines is 3. The molecule has 12 heterocycles. The number of carboxylic acid groups (broad SMARTS) is 4. The number of para-hydroxylation sites is 2. The number of H-pyrrole nitrogens is 3. The van der Waals surface area contributed by atoms with E-state index in [2.05, 4.69) is 120 Å². The Morgan fingerprint density at radius 1 is 0.450 bits per heavy atom. The summed E-state index contributed by atoms with van der Waals surface area (Å²) in [6, 6.07) is 30.8. The molecule has 4 saturated carbocycles. The van der Waals surface area contributed by atoms with Crippen molar-refractivity contribution in [2.24, 2.45) is 30.7 Å². The molecule has 33 nitrogen and oxygen atoms in total. The number of nitrogens with one attached hydrogen (secondary N) is 3.